The quantitative estimate of drug-likeness (QED) is 0.654. The molecule has 1 heterocycles. The second-order valence-electron chi connectivity index (χ2n) is 3.13. The zero-order valence-electron chi connectivity index (χ0n) is 7.21. The van der Waals surface area contributed by atoms with Crippen LogP contribution in [0.25, 0.3) is 0 Å². The van der Waals surface area contributed by atoms with E-state index in [2.05, 4.69) is 4.74 Å². The highest BCUT2D eigenvalue weighted by atomic mass is 32.2. The lowest BCUT2D eigenvalue weighted by atomic mass is 9.96. The Morgan fingerprint density at radius 3 is 3.00 bits per heavy atom. The molecule has 0 amide bonds. The van der Waals surface area contributed by atoms with Crippen LogP contribution >= 0.6 is 11.8 Å². The van der Waals surface area contributed by atoms with Crippen molar-refractivity contribution in [3.63, 3.8) is 0 Å². The average molecular weight is 190 g/mol. The summed E-state index contributed by atoms with van der Waals surface area (Å²) in [6, 6.07) is 0. The lowest BCUT2D eigenvalue weighted by molar-refractivity contribution is -0.145. The fourth-order valence-electron chi connectivity index (χ4n) is 1.32. The fourth-order valence-corrected chi connectivity index (χ4v) is 2.44. The minimum absolute atomic E-state index is 0.135. The largest absolute Gasteiger partial charge is 0.469 e. The van der Waals surface area contributed by atoms with Gasteiger partial charge >= 0.3 is 5.97 Å². The first-order valence-corrected chi connectivity index (χ1v) is 5.19. The van der Waals surface area contributed by atoms with E-state index in [1.807, 2.05) is 0 Å². The van der Waals surface area contributed by atoms with E-state index >= 15 is 0 Å². The number of rotatable bonds is 2. The number of hydrogen-bond donors (Lipinski definition) is 1. The van der Waals surface area contributed by atoms with Gasteiger partial charge in [-0.05, 0) is 18.6 Å². The van der Waals surface area contributed by atoms with Gasteiger partial charge in [0.15, 0.2) is 0 Å². The third-order valence-electron chi connectivity index (χ3n) is 2.00. The number of carbonyl (C=O) groups excluding carboxylic acids is 1. The van der Waals surface area contributed by atoms with Crippen molar-refractivity contribution in [2.24, 2.45) is 0 Å². The van der Waals surface area contributed by atoms with Gasteiger partial charge in [-0.1, -0.05) is 0 Å². The molecule has 1 fully saturated rings. The summed E-state index contributed by atoms with van der Waals surface area (Å²) in [6.45, 7) is 0. The highest BCUT2D eigenvalue weighted by Crippen LogP contribution is 2.29. The van der Waals surface area contributed by atoms with Crippen molar-refractivity contribution < 1.29 is 14.6 Å². The number of methoxy groups -OCH3 is 1. The molecule has 0 spiro atoms. The molecule has 1 N–H and O–H groups in total. The molecule has 0 aromatic rings. The zero-order valence-corrected chi connectivity index (χ0v) is 8.02. The van der Waals surface area contributed by atoms with E-state index in [0.29, 0.717) is 5.75 Å². The van der Waals surface area contributed by atoms with E-state index in [9.17, 15) is 9.90 Å². The van der Waals surface area contributed by atoms with Gasteiger partial charge in [-0.25, -0.2) is 0 Å². The Labute approximate surface area is 76.5 Å². The summed E-state index contributed by atoms with van der Waals surface area (Å²) in [4.78, 5) is 10.9. The summed E-state index contributed by atoms with van der Waals surface area (Å²) < 4.78 is 4.51. The molecule has 0 bridgehead atoms. The van der Waals surface area contributed by atoms with E-state index in [1.54, 1.807) is 11.8 Å². The van der Waals surface area contributed by atoms with Crippen LogP contribution in [0.3, 0.4) is 0 Å². The SMILES string of the molecule is COC(=O)CC1(O)CCCSC1. The van der Waals surface area contributed by atoms with Gasteiger partial charge in [0.1, 0.15) is 0 Å². The van der Waals surface area contributed by atoms with Gasteiger partial charge in [-0.2, -0.15) is 11.8 Å². The highest BCUT2D eigenvalue weighted by molar-refractivity contribution is 7.99. The molecular weight excluding hydrogens is 176 g/mol. The first-order valence-electron chi connectivity index (χ1n) is 4.03. The summed E-state index contributed by atoms with van der Waals surface area (Å²) in [5.74, 6) is 1.42. The number of carbonyl (C=O) groups is 1. The molecule has 3 nitrogen and oxygen atoms in total. The number of hydrogen-bond acceptors (Lipinski definition) is 4. The first kappa shape index (κ1) is 9.86. The topological polar surface area (TPSA) is 46.5 Å². The highest BCUT2D eigenvalue weighted by Gasteiger charge is 2.32. The lowest BCUT2D eigenvalue weighted by Gasteiger charge is -2.30. The van der Waals surface area contributed by atoms with Gasteiger partial charge in [0.05, 0.1) is 19.1 Å². The molecule has 0 saturated carbocycles. The first-order chi connectivity index (χ1) is 5.66. The van der Waals surface area contributed by atoms with Crippen LogP contribution in [0, 0.1) is 0 Å². The van der Waals surface area contributed by atoms with Crippen LogP contribution in [-0.4, -0.2) is 35.3 Å². The molecule has 1 aliphatic rings. The number of ether oxygens (including phenoxy) is 1. The van der Waals surface area contributed by atoms with Crippen LogP contribution in [0.4, 0.5) is 0 Å². The second kappa shape index (κ2) is 4.14. The lowest BCUT2D eigenvalue weighted by Crippen LogP contribution is -2.37. The molecule has 1 aliphatic heterocycles. The van der Waals surface area contributed by atoms with Crippen molar-refractivity contribution in [1.82, 2.24) is 0 Å². The van der Waals surface area contributed by atoms with Gasteiger partial charge < -0.3 is 9.84 Å². The molecular formula is C8H14O3S. The third kappa shape index (κ3) is 2.68. The van der Waals surface area contributed by atoms with Crippen molar-refractivity contribution in [1.29, 1.82) is 0 Å². The van der Waals surface area contributed by atoms with Crippen LogP contribution in [-0.2, 0) is 9.53 Å². The van der Waals surface area contributed by atoms with Gasteiger partial charge in [-0.3, -0.25) is 4.79 Å². The second-order valence-corrected chi connectivity index (χ2v) is 4.24. The van der Waals surface area contributed by atoms with Crippen molar-refractivity contribution >= 4 is 17.7 Å². The molecule has 0 aliphatic carbocycles. The van der Waals surface area contributed by atoms with Gasteiger partial charge in [0.2, 0.25) is 0 Å². The van der Waals surface area contributed by atoms with E-state index in [1.165, 1.54) is 7.11 Å². The van der Waals surface area contributed by atoms with Crippen LogP contribution in [0.2, 0.25) is 0 Å². The maximum atomic E-state index is 10.9. The summed E-state index contributed by atoms with van der Waals surface area (Å²) >= 11 is 1.70. The molecule has 1 saturated heterocycles. The zero-order chi connectivity index (χ0) is 9.03. The third-order valence-corrected chi connectivity index (χ3v) is 3.32. The monoisotopic (exact) mass is 190 g/mol. The normalized spacial score (nSPS) is 29.8. The van der Waals surface area contributed by atoms with Crippen LogP contribution < -0.4 is 0 Å². The van der Waals surface area contributed by atoms with Crippen molar-refractivity contribution in [3.8, 4) is 0 Å². The molecule has 0 radical (unpaired) electrons. The van der Waals surface area contributed by atoms with Crippen molar-refractivity contribution in [2.45, 2.75) is 24.9 Å². The van der Waals surface area contributed by atoms with Gasteiger partial charge in [0, 0.05) is 5.75 Å². The molecule has 4 heteroatoms. The Bertz CT molecular complexity index is 164. The summed E-state index contributed by atoms with van der Waals surface area (Å²) in [5.41, 5.74) is -0.810. The number of thioether (sulfide) groups is 1. The summed E-state index contributed by atoms with van der Waals surface area (Å²) in [6.07, 6.45) is 1.84. The Morgan fingerprint density at radius 2 is 2.50 bits per heavy atom. The van der Waals surface area contributed by atoms with Crippen molar-refractivity contribution in [2.75, 3.05) is 18.6 Å². The maximum Gasteiger partial charge on any atom is 0.308 e. The minimum Gasteiger partial charge on any atom is -0.469 e. The summed E-state index contributed by atoms with van der Waals surface area (Å²) in [7, 11) is 1.35. The predicted molar refractivity (Wildman–Crippen MR) is 48.1 cm³/mol. The predicted octanol–water partition coefficient (Wildman–Crippen LogP) is 0.808. The minimum atomic E-state index is -0.810. The van der Waals surface area contributed by atoms with E-state index in [-0.39, 0.29) is 12.4 Å². The molecule has 0 aromatic carbocycles. The van der Waals surface area contributed by atoms with Crippen LogP contribution in [0.5, 0.6) is 0 Å². The molecule has 1 atom stereocenters. The van der Waals surface area contributed by atoms with Crippen LogP contribution in [0.1, 0.15) is 19.3 Å². The van der Waals surface area contributed by atoms with Crippen molar-refractivity contribution in [3.05, 3.63) is 0 Å². The summed E-state index contributed by atoms with van der Waals surface area (Å²) in [5, 5.41) is 9.85. The Hall–Kier alpha value is -0.220. The Balaban J connectivity index is 2.41. The average Bonchev–Trinajstić information content (AvgIpc) is 2.05. The van der Waals surface area contributed by atoms with Crippen LogP contribution in [0.15, 0.2) is 0 Å². The molecule has 1 unspecified atom stereocenters. The number of esters is 1. The molecule has 12 heavy (non-hydrogen) atoms. The maximum absolute atomic E-state index is 10.9. The van der Waals surface area contributed by atoms with Gasteiger partial charge in [0.25, 0.3) is 0 Å². The number of aliphatic hydroxyl groups is 1. The standard InChI is InChI=1S/C8H14O3S/c1-11-7(9)5-8(10)3-2-4-12-6-8/h10H,2-6H2,1H3. The Kier molecular flexibility index (Phi) is 3.40. The molecule has 1 rings (SSSR count). The van der Waals surface area contributed by atoms with E-state index in [4.69, 9.17) is 0 Å². The molecule has 70 valence electrons. The molecule has 0 aromatic heterocycles. The fraction of sp³-hybridized carbons (Fsp3) is 0.875. The van der Waals surface area contributed by atoms with E-state index < -0.39 is 5.60 Å². The van der Waals surface area contributed by atoms with E-state index in [0.717, 1.165) is 18.6 Å². The van der Waals surface area contributed by atoms with Gasteiger partial charge in [-0.15, -0.1) is 0 Å². The Morgan fingerprint density at radius 1 is 1.75 bits per heavy atom. The smallest absolute Gasteiger partial charge is 0.308 e.